The molecule has 1 N–H and O–H groups in total. The summed E-state index contributed by atoms with van der Waals surface area (Å²) in [6.07, 6.45) is 1.02. The normalized spacial score (nSPS) is 10.9. The lowest BCUT2D eigenvalue weighted by molar-refractivity contribution is -0.114. The van der Waals surface area contributed by atoms with Crippen LogP contribution in [0.25, 0.3) is 0 Å². The van der Waals surface area contributed by atoms with Crippen molar-refractivity contribution in [1.82, 2.24) is 0 Å². The number of benzene rings is 2. The number of hydrogen-bond donors (Lipinski definition) is 1. The second-order valence-corrected chi connectivity index (χ2v) is 8.02. The van der Waals surface area contributed by atoms with Crippen LogP contribution in [0.4, 0.5) is 11.4 Å². The zero-order valence-electron chi connectivity index (χ0n) is 15.9. The van der Waals surface area contributed by atoms with Gasteiger partial charge in [0.2, 0.25) is 15.9 Å². The SMILES string of the molecule is COc1cccc(N(CC(=O)Nc2cc(OC)c(Cl)cc2OC)S(C)(=O)=O)c1. The van der Waals surface area contributed by atoms with Crippen molar-refractivity contribution < 1.29 is 27.4 Å². The van der Waals surface area contributed by atoms with Crippen LogP contribution >= 0.6 is 11.6 Å². The molecule has 2 rings (SSSR count). The molecular formula is C18H21ClN2O6S. The molecule has 10 heteroatoms. The lowest BCUT2D eigenvalue weighted by Gasteiger charge is -2.22. The summed E-state index contributed by atoms with van der Waals surface area (Å²) in [6.45, 7) is -0.444. The molecule has 0 atom stereocenters. The molecule has 1 amide bonds. The van der Waals surface area contributed by atoms with Gasteiger partial charge in [0, 0.05) is 18.2 Å². The predicted molar refractivity (Wildman–Crippen MR) is 108 cm³/mol. The van der Waals surface area contributed by atoms with E-state index >= 15 is 0 Å². The Labute approximate surface area is 169 Å². The minimum atomic E-state index is -3.73. The van der Waals surface area contributed by atoms with Gasteiger partial charge in [-0.2, -0.15) is 0 Å². The molecule has 0 unspecified atom stereocenters. The van der Waals surface area contributed by atoms with Crippen LogP contribution in [0.2, 0.25) is 5.02 Å². The molecule has 0 aliphatic heterocycles. The monoisotopic (exact) mass is 428 g/mol. The standard InChI is InChI=1S/C18H21ClN2O6S/c1-25-13-7-5-6-12(8-13)21(28(4,23)24)11-18(22)20-15-10-16(26-2)14(19)9-17(15)27-3/h5-10H,11H2,1-4H3,(H,20,22). The second-order valence-electron chi connectivity index (χ2n) is 5.71. The summed E-state index contributed by atoms with van der Waals surface area (Å²) in [6, 6.07) is 9.40. The molecule has 0 saturated carbocycles. The number of ether oxygens (including phenoxy) is 3. The number of methoxy groups -OCH3 is 3. The molecule has 2 aromatic carbocycles. The number of nitrogens with one attached hydrogen (secondary N) is 1. The highest BCUT2D eigenvalue weighted by Crippen LogP contribution is 2.36. The van der Waals surface area contributed by atoms with Crippen molar-refractivity contribution in [3.8, 4) is 17.2 Å². The van der Waals surface area contributed by atoms with Gasteiger partial charge in [0.1, 0.15) is 23.8 Å². The smallest absolute Gasteiger partial charge is 0.245 e. The molecule has 0 fully saturated rings. The fourth-order valence-electron chi connectivity index (χ4n) is 2.44. The maximum atomic E-state index is 12.6. The average Bonchev–Trinajstić information content (AvgIpc) is 2.66. The zero-order valence-corrected chi connectivity index (χ0v) is 17.4. The molecule has 0 saturated heterocycles. The molecule has 0 radical (unpaired) electrons. The lowest BCUT2D eigenvalue weighted by Crippen LogP contribution is -2.37. The molecule has 28 heavy (non-hydrogen) atoms. The van der Waals surface area contributed by atoms with Crippen molar-refractivity contribution in [1.29, 1.82) is 0 Å². The summed E-state index contributed by atoms with van der Waals surface area (Å²) in [5.41, 5.74) is 0.602. The third-order valence-corrected chi connectivity index (χ3v) is 5.21. The highest BCUT2D eigenvalue weighted by atomic mass is 35.5. The van der Waals surface area contributed by atoms with Gasteiger partial charge in [-0.1, -0.05) is 17.7 Å². The van der Waals surface area contributed by atoms with Crippen molar-refractivity contribution in [2.24, 2.45) is 0 Å². The Morgan fingerprint density at radius 1 is 1.07 bits per heavy atom. The maximum Gasteiger partial charge on any atom is 0.245 e. The molecule has 8 nitrogen and oxygen atoms in total. The first-order chi connectivity index (χ1) is 13.2. The summed E-state index contributed by atoms with van der Waals surface area (Å²) < 4.78 is 40.9. The Kier molecular flexibility index (Phi) is 6.98. The Morgan fingerprint density at radius 3 is 2.32 bits per heavy atom. The molecule has 2 aromatic rings. The van der Waals surface area contributed by atoms with E-state index in [2.05, 4.69) is 5.32 Å². The molecule has 0 aromatic heterocycles. The molecule has 0 aliphatic carbocycles. The van der Waals surface area contributed by atoms with Crippen molar-refractivity contribution in [3.63, 3.8) is 0 Å². The Morgan fingerprint density at radius 2 is 1.75 bits per heavy atom. The maximum absolute atomic E-state index is 12.6. The fourth-order valence-corrected chi connectivity index (χ4v) is 3.52. The van der Waals surface area contributed by atoms with Crippen LogP contribution in [0.15, 0.2) is 36.4 Å². The number of amides is 1. The Bertz CT molecular complexity index is 965. The number of halogens is 1. The summed E-state index contributed by atoms with van der Waals surface area (Å²) in [5, 5.41) is 2.94. The van der Waals surface area contributed by atoms with E-state index in [4.69, 9.17) is 25.8 Å². The van der Waals surface area contributed by atoms with E-state index in [1.807, 2.05) is 0 Å². The van der Waals surface area contributed by atoms with Gasteiger partial charge in [-0.05, 0) is 12.1 Å². The molecule has 0 spiro atoms. The van der Waals surface area contributed by atoms with Crippen molar-refractivity contribution in [2.75, 3.05) is 43.8 Å². The molecule has 0 aliphatic rings. The van der Waals surface area contributed by atoms with Crippen LogP contribution in [-0.2, 0) is 14.8 Å². The fraction of sp³-hybridized carbons (Fsp3) is 0.278. The van der Waals surface area contributed by atoms with Crippen LogP contribution in [0.5, 0.6) is 17.2 Å². The number of sulfonamides is 1. The van der Waals surface area contributed by atoms with E-state index < -0.39 is 22.5 Å². The van der Waals surface area contributed by atoms with Crippen LogP contribution in [-0.4, -0.2) is 48.5 Å². The van der Waals surface area contributed by atoms with E-state index in [1.165, 1.54) is 39.5 Å². The van der Waals surface area contributed by atoms with Crippen molar-refractivity contribution >= 4 is 38.9 Å². The first-order valence-electron chi connectivity index (χ1n) is 8.02. The van der Waals surface area contributed by atoms with Crippen LogP contribution in [0.3, 0.4) is 0 Å². The minimum Gasteiger partial charge on any atom is -0.497 e. The molecule has 0 bridgehead atoms. The minimum absolute atomic E-state index is 0.299. The van der Waals surface area contributed by atoms with Gasteiger partial charge in [-0.25, -0.2) is 8.42 Å². The van der Waals surface area contributed by atoms with E-state index in [0.717, 1.165) is 10.6 Å². The number of carbonyl (C=O) groups excluding carboxylic acids is 1. The third kappa shape index (κ3) is 5.20. The van der Waals surface area contributed by atoms with E-state index in [-0.39, 0.29) is 0 Å². The largest absolute Gasteiger partial charge is 0.497 e. The van der Waals surface area contributed by atoms with Gasteiger partial charge in [0.25, 0.3) is 0 Å². The van der Waals surface area contributed by atoms with E-state index in [0.29, 0.717) is 33.6 Å². The number of carbonyl (C=O) groups is 1. The quantitative estimate of drug-likeness (QED) is 0.694. The Hall–Kier alpha value is -2.65. The number of anilines is 2. The van der Waals surface area contributed by atoms with Gasteiger partial charge >= 0.3 is 0 Å². The summed E-state index contributed by atoms with van der Waals surface area (Å²) in [7, 11) is 0.605. The van der Waals surface area contributed by atoms with Gasteiger partial charge in [0.15, 0.2) is 0 Å². The molecular weight excluding hydrogens is 408 g/mol. The van der Waals surface area contributed by atoms with Gasteiger partial charge in [-0.3, -0.25) is 9.10 Å². The highest BCUT2D eigenvalue weighted by Gasteiger charge is 2.22. The summed E-state index contributed by atoms with van der Waals surface area (Å²) >= 11 is 6.05. The van der Waals surface area contributed by atoms with Gasteiger partial charge in [0.05, 0.1) is 44.0 Å². The average molecular weight is 429 g/mol. The highest BCUT2D eigenvalue weighted by molar-refractivity contribution is 7.92. The summed E-state index contributed by atoms with van der Waals surface area (Å²) in [5.74, 6) is 0.545. The van der Waals surface area contributed by atoms with Gasteiger partial charge < -0.3 is 19.5 Å². The lowest BCUT2D eigenvalue weighted by atomic mass is 10.2. The first kappa shape index (κ1) is 21.6. The molecule has 152 valence electrons. The van der Waals surface area contributed by atoms with E-state index in [1.54, 1.807) is 18.2 Å². The van der Waals surface area contributed by atoms with Crippen LogP contribution in [0.1, 0.15) is 0 Å². The number of nitrogens with zero attached hydrogens (tertiary/aromatic N) is 1. The van der Waals surface area contributed by atoms with Crippen LogP contribution < -0.4 is 23.8 Å². The first-order valence-corrected chi connectivity index (χ1v) is 10.3. The Balaban J connectivity index is 2.30. The van der Waals surface area contributed by atoms with Crippen molar-refractivity contribution in [2.45, 2.75) is 0 Å². The van der Waals surface area contributed by atoms with Gasteiger partial charge in [-0.15, -0.1) is 0 Å². The van der Waals surface area contributed by atoms with Crippen molar-refractivity contribution in [3.05, 3.63) is 41.4 Å². The van der Waals surface area contributed by atoms with Crippen LogP contribution in [0, 0.1) is 0 Å². The summed E-state index contributed by atoms with van der Waals surface area (Å²) in [4.78, 5) is 12.6. The van der Waals surface area contributed by atoms with E-state index in [9.17, 15) is 13.2 Å². The predicted octanol–water partition coefficient (Wildman–Crippen LogP) is 2.77. The number of rotatable bonds is 8. The molecule has 0 heterocycles. The second kappa shape index (κ2) is 9.03. The third-order valence-electron chi connectivity index (χ3n) is 3.78. The zero-order chi connectivity index (χ0) is 20.9. The number of hydrogen-bond acceptors (Lipinski definition) is 6. The topological polar surface area (TPSA) is 94.2 Å².